The largest absolute Gasteiger partial charge is 0.349 e. The average molecular weight is 212 g/mol. The molecular weight excluding hydrogens is 198 g/mol. The van der Waals surface area contributed by atoms with E-state index in [9.17, 15) is 13.6 Å². The number of nitrogens with one attached hydrogen (secondary N) is 1. The van der Waals surface area contributed by atoms with E-state index in [2.05, 4.69) is 5.32 Å². The van der Waals surface area contributed by atoms with Gasteiger partial charge in [-0.2, -0.15) is 11.8 Å². The molecule has 78 valence electrons. The standard InChI is InChI=1S/C7H14F2N2OS/c1-5(13-2)6(12)11-4-7(8,9)3-10/h5H,3-4,10H2,1-2H3,(H,11,12). The summed E-state index contributed by atoms with van der Waals surface area (Å²) in [5.41, 5.74) is 4.79. The van der Waals surface area contributed by atoms with E-state index in [0.29, 0.717) is 0 Å². The van der Waals surface area contributed by atoms with E-state index in [1.165, 1.54) is 11.8 Å². The van der Waals surface area contributed by atoms with Crippen molar-refractivity contribution >= 4 is 17.7 Å². The minimum absolute atomic E-state index is 0.312. The van der Waals surface area contributed by atoms with Crippen LogP contribution in [0.1, 0.15) is 6.92 Å². The molecule has 3 nitrogen and oxygen atoms in total. The second kappa shape index (κ2) is 5.39. The quantitative estimate of drug-likeness (QED) is 0.695. The van der Waals surface area contributed by atoms with Crippen molar-refractivity contribution in [1.82, 2.24) is 5.32 Å². The first kappa shape index (κ1) is 12.6. The third kappa shape index (κ3) is 5.05. The van der Waals surface area contributed by atoms with Gasteiger partial charge in [-0.3, -0.25) is 4.79 Å². The van der Waals surface area contributed by atoms with Gasteiger partial charge in [0, 0.05) is 0 Å². The number of carbonyl (C=O) groups is 1. The fourth-order valence-electron chi connectivity index (χ4n) is 0.539. The highest BCUT2D eigenvalue weighted by atomic mass is 32.2. The molecule has 0 saturated heterocycles. The van der Waals surface area contributed by atoms with Crippen LogP contribution in [-0.4, -0.2) is 36.4 Å². The van der Waals surface area contributed by atoms with Crippen molar-refractivity contribution in [1.29, 1.82) is 0 Å². The van der Waals surface area contributed by atoms with Gasteiger partial charge >= 0.3 is 0 Å². The van der Waals surface area contributed by atoms with Gasteiger partial charge in [0.25, 0.3) is 5.92 Å². The summed E-state index contributed by atoms with van der Waals surface area (Å²) in [6.07, 6.45) is 1.74. The van der Waals surface area contributed by atoms with Gasteiger partial charge in [-0.05, 0) is 13.2 Å². The number of rotatable bonds is 5. The van der Waals surface area contributed by atoms with Crippen LogP contribution in [0.3, 0.4) is 0 Å². The van der Waals surface area contributed by atoms with E-state index in [4.69, 9.17) is 5.73 Å². The van der Waals surface area contributed by atoms with Crippen molar-refractivity contribution in [3.63, 3.8) is 0 Å². The molecule has 1 unspecified atom stereocenters. The van der Waals surface area contributed by atoms with Gasteiger partial charge in [0.1, 0.15) is 0 Å². The van der Waals surface area contributed by atoms with Crippen LogP contribution in [0.4, 0.5) is 8.78 Å². The molecule has 13 heavy (non-hydrogen) atoms. The first-order valence-electron chi connectivity index (χ1n) is 3.81. The first-order chi connectivity index (χ1) is 5.93. The predicted octanol–water partition coefficient (Wildman–Crippen LogP) is 0.448. The second-order valence-electron chi connectivity index (χ2n) is 2.66. The number of halogens is 2. The summed E-state index contributed by atoms with van der Waals surface area (Å²) in [5.74, 6) is -3.39. The van der Waals surface area contributed by atoms with E-state index in [1.54, 1.807) is 13.2 Å². The Labute approximate surface area is 80.4 Å². The highest BCUT2D eigenvalue weighted by Crippen LogP contribution is 2.10. The van der Waals surface area contributed by atoms with Gasteiger partial charge in [-0.15, -0.1) is 0 Å². The minimum Gasteiger partial charge on any atom is -0.349 e. The topological polar surface area (TPSA) is 55.1 Å². The molecule has 0 heterocycles. The maximum Gasteiger partial charge on any atom is 0.277 e. The number of hydrogen-bond donors (Lipinski definition) is 2. The monoisotopic (exact) mass is 212 g/mol. The fourth-order valence-corrected chi connectivity index (χ4v) is 0.837. The summed E-state index contributed by atoms with van der Waals surface area (Å²) >= 11 is 1.30. The summed E-state index contributed by atoms with van der Waals surface area (Å²) in [6, 6.07) is 0. The molecule has 0 aliphatic heterocycles. The van der Waals surface area contributed by atoms with E-state index in [0.717, 1.165) is 0 Å². The lowest BCUT2D eigenvalue weighted by molar-refractivity contribution is -0.122. The maximum absolute atomic E-state index is 12.5. The molecular formula is C7H14F2N2OS. The van der Waals surface area contributed by atoms with Gasteiger partial charge in [0.15, 0.2) is 0 Å². The zero-order valence-electron chi connectivity index (χ0n) is 7.64. The van der Waals surface area contributed by atoms with Crippen molar-refractivity contribution in [3.05, 3.63) is 0 Å². The highest BCUT2D eigenvalue weighted by molar-refractivity contribution is 7.99. The molecule has 0 aromatic heterocycles. The smallest absolute Gasteiger partial charge is 0.277 e. The van der Waals surface area contributed by atoms with Crippen LogP contribution < -0.4 is 11.1 Å². The summed E-state index contributed by atoms with van der Waals surface area (Å²) in [7, 11) is 0. The SMILES string of the molecule is CSC(C)C(=O)NCC(F)(F)CN. The van der Waals surface area contributed by atoms with Crippen molar-refractivity contribution in [2.75, 3.05) is 19.3 Å². The molecule has 0 aromatic carbocycles. The summed E-state index contributed by atoms with van der Waals surface area (Å²) in [5, 5.41) is 1.82. The fraction of sp³-hybridized carbons (Fsp3) is 0.857. The molecule has 3 N–H and O–H groups in total. The number of carbonyl (C=O) groups excluding carboxylic acids is 1. The lowest BCUT2D eigenvalue weighted by Crippen LogP contribution is -2.43. The van der Waals surface area contributed by atoms with Crippen molar-refractivity contribution in [3.8, 4) is 0 Å². The molecule has 0 radical (unpaired) electrons. The Hall–Kier alpha value is -0.360. The Bertz CT molecular complexity index is 178. The van der Waals surface area contributed by atoms with Crippen molar-refractivity contribution in [2.24, 2.45) is 5.73 Å². The third-order valence-corrected chi connectivity index (χ3v) is 2.46. The molecule has 0 spiro atoms. The first-order valence-corrected chi connectivity index (χ1v) is 5.10. The van der Waals surface area contributed by atoms with Crippen LogP contribution in [0.15, 0.2) is 0 Å². The van der Waals surface area contributed by atoms with Crippen LogP contribution >= 0.6 is 11.8 Å². The molecule has 0 fully saturated rings. The zero-order valence-corrected chi connectivity index (χ0v) is 8.46. The van der Waals surface area contributed by atoms with E-state index < -0.39 is 19.0 Å². The number of hydrogen-bond acceptors (Lipinski definition) is 3. The Kier molecular flexibility index (Phi) is 5.24. The van der Waals surface area contributed by atoms with Gasteiger partial charge in [-0.25, -0.2) is 8.78 Å². The van der Waals surface area contributed by atoms with E-state index >= 15 is 0 Å². The molecule has 0 rings (SSSR count). The zero-order chi connectivity index (χ0) is 10.5. The summed E-state index contributed by atoms with van der Waals surface area (Å²) in [4.78, 5) is 11.0. The lowest BCUT2D eigenvalue weighted by atomic mass is 10.3. The maximum atomic E-state index is 12.5. The Balaban J connectivity index is 3.83. The van der Waals surface area contributed by atoms with Gasteiger partial charge in [0.2, 0.25) is 5.91 Å². The molecule has 0 saturated carbocycles. The molecule has 0 aromatic rings. The Morgan fingerprint density at radius 1 is 1.69 bits per heavy atom. The summed E-state index contributed by atoms with van der Waals surface area (Å²) in [6.45, 7) is 0.217. The van der Waals surface area contributed by atoms with Crippen LogP contribution in [0.5, 0.6) is 0 Å². The molecule has 0 bridgehead atoms. The highest BCUT2D eigenvalue weighted by Gasteiger charge is 2.27. The normalized spacial score (nSPS) is 13.9. The molecule has 1 atom stereocenters. The van der Waals surface area contributed by atoms with E-state index in [-0.39, 0.29) is 11.2 Å². The van der Waals surface area contributed by atoms with Gasteiger partial charge < -0.3 is 11.1 Å². The average Bonchev–Trinajstić information content (AvgIpc) is 2.13. The summed E-state index contributed by atoms with van der Waals surface area (Å²) < 4.78 is 25.1. The predicted molar refractivity (Wildman–Crippen MR) is 50.0 cm³/mol. The second-order valence-corrected chi connectivity index (χ2v) is 3.83. The van der Waals surface area contributed by atoms with Crippen molar-refractivity contribution < 1.29 is 13.6 Å². The van der Waals surface area contributed by atoms with Crippen LogP contribution in [0.2, 0.25) is 0 Å². The van der Waals surface area contributed by atoms with Crippen LogP contribution in [0, 0.1) is 0 Å². The molecule has 0 aliphatic carbocycles. The van der Waals surface area contributed by atoms with Gasteiger partial charge in [-0.1, -0.05) is 0 Å². The third-order valence-electron chi connectivity index (χ3n) is 1.54. The number of amides is 1. The van der Waals surface area contributed by atoms with Crippen LogP contribution in [-0.2, 0) is 4.79 Å². The Morgan fingerprint density at radius 2 is 2.23 bits per heavy atom. The van der Waals surface area contributed by atoms with Gasteiger partial charge in [0.05, 0.1) is 18.3 Å². The van der Waals surface area contributed by atoms with Crippen LogP contribution in [0.25, 0.3) is 0 Å². The molecule has 0 aliphatic rings. The van der Waals surface area contributed by atoms with Crippen molar-refractivity contribution in [2.45, 2.75) is 18.1 Å². The molecule has 1 amide bonds. The lowest BCUT2D eigenvalue weighted by Gasteiger charge is -2.16. The molecule has 6 heteroatoms. The number of nitrogens with two attached hydrogens (primary N) is 1. The minimum atomic E-state index is -3.01. The number of alkyl halides is 2. The Morgan fingerprint density at radius 3 is 2.62 bits per heavy atom. The van der Waals surface area contributed by atoms with E-state index in [1.807, 2.05) is 0 Å². The number of thioether (sulfide) groups is 1.